The van der Waals surface area contributed by atoms with E-state index in [1.807, 2.05) is 0 Å². The topological polar surface area (TPSA) is 46.5 Å². The number of phenolic OH excluding ortho intramolecular Hbond substituents is 1. The highest BCUT2D eigenvalue weighted by Gasteiger charge is 2.21. The fraction of sp³-hybridized carbons (Fsp3) is 0.222. The van der Waals surface area contributed by atoms with Crippen LogP contribution in [0.4, 0.5) is 0 Å². The molecule has 0 aromatic heterocycles. The van der Waals surface area contributed by atoms with Gasteiger partial charge in [-0.05, 0) is 13.0 Å². The Labute approximate surface area is 102 Å². The predicted octanol–water partition coefficient (Wildman–Crippen LogP) is 3.53. The maximum absolute atomic E-state index is 11.4. The van der Waals surface area contributed by atoms with Crippen molar-refractivity contribution in [1.29, 1.82) is 0 Å². The normalized spacial score (nSPS) is 10.1. The van der Waals surface area contributed by atoms with Crippen molar-refractivity contribution < 1.29 is 14.6 Å². The third-order valence-corrected chi connectivity index (χ3v) is 2.70. The molecule has 0 aliphatic rings. The third-order valence-electron chi connectivity index (χ3n) is 1.63. The molecular weight excluding hydrogens is 262 g/mol. The lowest BCUT2D eigenvalue weighted by atomic mass is 10.2. The van der Waals surface area contributed by atoms with Crippen LogP contribution in [0.15, 0.2) is 6.07 Å². The van der Waals surface area contributed by atoms with Crippen LogP contribution in [0.5, 0.6) is 5.75 Å². The minimum Gasteiger partial charge on any atom is -0.505 e. The van der Waals surface area contributed by atoms with Crippen LogP contribution in [0.1, 0.15) is 17.3 Å². The largest absolute Gasteiger partial charge is 0.505 e. The molecule has 0 amide bonds. The molecule has 0 atom stereocenters. The van der Waals surface area contributed by atoms with Gasteiger partial charge in [-0.15, -0.1) is 0 Å². The molecule has 0 fully saturated rings. The van der Waals surface area contributed by atoms with Gasteiger partial charge in [0.15, 0.2) is 0 Å². The first-order valence-electron chi connectivity index (χ1n) is 4.02. The second-order valence-corrected chi connectivity index (χ2v) is 3.79. The highest BCUT2D eigenvalue weighted by molar-refractivity contribution is 6.45. The van der Waals surface area contributed by atoms with Crippen molar-refractivity contribution in [2.45, 2.75) is 6.92 Å². The van der Waals surface area contributed by atoms with Gasteiger partial charge in [-0.2, -0.15) is 0 Å². The minimum atomic E-state index is -0.760. The lowest BCUT2D eigenvalue weighted by Gasteiger charge is -2.08. The summed E-state index contributed by atoms with van der Waals surface area (Å²) in [6.07, 6.45) is 0. The molecule has 1 aromatic carbocycles. The fourth-order valence-corrected chi connectivity index (χ4v) is 1.66. The van der Waals surface area contributed by atoms with Crippen LogP contribution in [0.25, 0.3) is 0 Å². The number of ether oxygens (including phenoxy) is 1. The van der Waals surface area contributed by atoms with Gasteiger partial charge in [-0.3, -0.25) is 0 Å². The molecular formula is C9H7Cl3O3. The molecule has 0 heterocycles. The molecule has 1 N–H and O–H groups in total. The van der Waals surface area contributed by atoms with Crippen molar-refractivity contribution >= 4 is 40.8 Å². The van der Waals surface area contributed by atoms with Gasteiger partial charge in [0.05, 0.1) is 21.7 Å². The second-order valence-electron chi connectivity index (χ2n) is 2.60. The Morgan fingerprint density at radius 1 is 1.40 bits per heavy atom. The van der Waals surface area contributed by atoms with Gasteiger partial charge in [0.1, 0.15) is 11.3 Å². The molecule has 0 radical (unpaired) electrons. The number of esters is 1. The molecule has 1 aromatic rings. The Balaban J connectivity index is 3.32. The zero-order chi connectivity index (χ0) is 11.6. The van der Waals surface area contributed by atoms with E-state index in [4.69, 9.17) is 39.5 Å². The maximum atomic E-state index is 11.4. The van der Waals surface area contributed by atoms with E-state index >= 15 is 0 Å². The second kappa shape index (κ2) is 4.92. The number of carbonyl (C=O) groups is 1. The highest BCUT2D eigenvalue weighted by Crippen LogP contribution is 2.38. The first-order chi connectivity index (χ1) is 6.99. The highest BCUT2D eigenvalue weighted by atomic mass is 35.5. The van der Waals surface area contributed by atoms with E-state index < -0.39 is 11.7 Å². The van der Waals surface area contributed by atoms with E-state index in [9.17, 15) is 9.90 Å². The summed E-state index contributed by atoms with van der Waals surface area (Å²) in [5.41, 5.74) is -0.212. The zero-order valence-corrected chi connectivity index (χ0v) is 9.95. The summed E-state index contributed by atoms with van der Waals surface area (Å²) in [7, 11) is 0. The molecule has 3 nitrogen and oxygen atoms in total. The molecule has 0 spiro atoms. The number of halogens is 3. The number of rotatable bonds is 2. The van der Waals surface area contributed by atoms with Crippen molar-refractivity contribution in [2.24, 2.45) is 0 Å². The van der Waals surface area contributed by atoms with Crippen molar-refractivity contribution in [3.63, 3.8) is 0 Å². The predicted molar refractivity (Wildman–Crippen MR) is 59.1 cm³/mol. The zero-order valence-electron chi connectivity index (χ0n) is 7.68. The van der Waals surface area contributed by atoms with E-state index in [0.29, 0.717) is 0 Å². The Morgan fingerprint density at radius 3 is 2.53 bits per heavy atom. The van der Waals surface area contributed by atoms with Gasteiger partial charge < -0.3 is 9.84 Å². The third kappa shape index (κ3) is 2.48. The average Bonchev–Trinajstić information content (AvgIpc) is 2.16. The van der Waals surface area contributed by atoms with E-state index in [2.05, 4.69) is 0 Å². The molecule has 15 heavy (non-hydrogen) atoms. The van der Waals surface area contributed by atoms with E-state index in [1.54, 1.807) is 6.92 Å². The van der Waals surface area contributed by atoms with Crippen molar-refractivity contribution in [1.82, 2.24) is 0 Å². The Morgan fingerprint density at radius 2 is 2.00 bits per heavy atom. The minimum absolute atomic E-state index is 0.0487. The van der Waals surface area contributed by atoms with E-state index in [1.165, 1.54) is 6.07 Å². The molecule has 0 saturated carbocycles. The van der Waals surface area contributed by atoms with Gasteiger partial charge >= 0.3 is 5.97 Å². The molecule has 0 unspecified atom stereocenters. The molecule has 0 bridgehead atoms. The fourth-order valence-electron chi connectivity index (χ4n) is 0.975. The SMILES string of the molecule is CCOC(=O)c1c(O)c(Cl)cc(Cl)c1Cl. The number of hydrogen-bond acceptors (Lipinski definition) is 3. The Bertz CT molecular complexity index is 378. The van der Waals surface area contributed by atoms with Crippen LogP contribution in [0, 0.1) is 0 Å². The summed E-state index contributed by atoms with van der Waals surface area (Å²) < 4.78 is 4.70. The van der Waals surface area contributed by atoms with E-state index in [0.717, 1.165) is 0 Å². The van der Waals surface area contributed by atoms with Crippen molar-refractivity contribution in [2.75, 3.05) is 6.61 Å². The van der Waals surface area contributed by atoms with Crippen molar-refractivity contribution in [3.8, 4) is 5.75 Å². The molecule has 82 valence electrons. The van der Waals surface area contributed by atoms with Crippen LogP contribution in [0.2, 0.25) is 15.1 Å². The first-order valence-corrected chi connectivity index (χ1v) is 5.16. The van der Waals surface area contributed by atoms with Gasteiger partial charge in [0, 0.05) is 0 Å². The van der Waals surface area contributed by atoms with Gasteiger partial charge in [0.25, 0.3) is 0 Å². The summed E-state index contributed by atoms with van der Waals surface area (Å²) >= 11 is 17.1. The summed E-state index contributed by atoms with van der Waals surface area (Å²) in [6, 6.07) is 1.25. The molecule has 6 heteroatoms. The Kier molecular flexibility index (Phi) is 4.08. The van der Waals surface area contributed by atoms with Crippen LogP contribution >= 0.6 is 34.8 Å². The Hall–Kier alpha value is -0.640. The lowest BCUT2D eigenvalue weighted by molar-refractivity contribution is 0.0523. The molecule has 0 aliphatic heterocycles. The first kappa shape index (κ1) is 12.4. The summed E-state index contributed by atoms with van der Waals surface area (Å²) in [5, 5.41) is 9.49. The number of carbonyl (C=O) groups excluding carboxylic acids is 1. The van der Waals surface area contributed by atoms with Gasteiger partial charge in [-0.25, -0.2) is 4.79 Å². The molecule has 0 aliphatic carbocycles. The van der Waals surface area contributed by atoms with Crippen LogP contribution < -0.4 is 0 Å². The smallest absolute Gasteiger partial charge is 0.343 e. The monoisotopic (exact) mass is 268 g/mol. The van der Waals surface area contributed by atoms with Crippen LogP contribution in [-0.2, 0) is 4.74 Å². The van der Waals surface area contributed by atoms with Gasteiger partial charge in [0.2, 0.25) is 0 Å². The summed E-state index contributed by atoms with van der Waals surface area (Å²) in [4.78, 5) is 11.4. The average molecular weight is 270 g/mol. The molecule has 0 saturated heterocycles. The number of hydrogen-bond donors (Lipinski definition) is 1. The van der Waals surface area contributed by atoms with Crippen molar-refractivity contribution in [3.05, 3.63) is 26.7 Å². The molecule has 1 rings (SSSR count). The quantitative estimate of drug-likeness (QED) is 0.660. The standard InChI is InChI=1S/C9H7Cl3O3/c1-2-15-9(14)6-7(12)4(10)3-5(11)8(6)13/h3,13H,2H2,1H3. The lowest BCUT2D eigenvalue weighted by Crippen LogP contribution is -2.06. The number of phenols is 1. The van der Waals surface area contributed by atoms with Gasteiger partial charge in [-0.1, -0.05) is 34.8 Å². The number of benzene rings is 1. The van der Waals surface area contributed by atoms with E-state index in [-0.39, 0.29) is 27.2 Å². The summed E-state index contributed by atoms with van der Waals surface area (Å²) in [5.74, 6) is -1.19. The summed E-state index contributed by atoms with van der Waals surface area (Å²) in [6.45, 7) is 1.80. The maximum Gasteiger partial charge on any atom is 0.343 e. The number of aromatic hydroxyl groups is 1. The van der Waals surface area contributed by atoms with Crippen LogP contribution in [-0.4, -0.2) is 17.7 Å². The van der Waals surface area contributed by atoms with Crippen LogP contribution in [0.3, 0.4) is 0 Å².